The van der Waals surface area contributed by atoms with Crippen LogP contribution in [0.3, 0.4) is 0 Å². The van der Waals surface area contributed by atoms with Crippen LogP contribution >= 0.6 is 11.6 Å². The molecule has 192 valence electrons. The van der Waals surface area contributed by atoms with E-state index in [1.54, 1.807) is 30.3 Å². The maximum Gasteiger partial charge on any atom is 0.573 e. The average molecular weight is 534 g/mol. The van der Waals surface area contributed by atoms with Gasteiger partial charge in [0.15, 0.2) is 0 Å². The van der Waals surface area contributed by atoms with Crippen LogP contribution < -0.4 is 19.1 Å². The Kier molecular flexibility index (Phi) is 7.04. The first kappa shape index (κ1) is 25.9. The number of hydrogen-bond donors (Lipinski definition) is 1. The van der Waals surface area contributed by atoms with E-state index in [0.29, 0.717) is 5.56 Å². The molecule has 0 spiro atoms. The number of amides is 1. The van der Waals surface area contributed by atoms with E-state index in [2.05, 4.69) is 4.74 Å². The van der Waals surface area contributed by atoms with E-state index in [0.717, 1.165) is 17.0 Å². The first-order valence-corrected chi connectivity index (χ1v) is 11.1. The highest BCUT2D eigenvalue weighted by Crippen LogP contribution is 2.45. The van der Waals surface area contributed by atoms with Crippen LogP contribution in [0.4, 0.5) is 18.9 Å². The number of aliphatic hydroxyl groups is 1. The van der Waals surface area contributed by atoms with Gasteiger partial charge in [-0.25, -0.2) is 0 Å². The molecule has 4 rings (SSSR count). The lowest BCUT2D eigenvalue weighted by Crippen LogP contribution is -2.29. The molecule has 0 aromatic heterocycles. The highest BCUT2D eigenvalue weighted by atomic mass is 35.5. The molecular weight excluding hydrogens is 515 g/mol. The number of carbonyl (C=O) groups excluding carboxylic acids is 2. The van der Waals surface area contributed by atoms with Crippen LogP contribution in [0, 0.1) is 0 Å². The van der Waals surface area contributed by atoms with E-state index in [1.807, 2.05) is 0 Å². The summed E-state index contributed by atoms with van der Waals surface area (Å²) in [5.41, 5.74) is 0.0831. The predicted molar refractivity (Wildman–Crippen MR) is 129 cm³/mol. The van der Waals surface area contributed by atoms with E-state index in [4.69, 9.17) is 21.1 Å². The molecule has 1 heterocycles. The Morgan fingerprint density at radius 1 is 0.946 bits per heavy atom. The number of anilines is 1. The van der Waals surface area contributed by atoms with Crippen molar-refractivity contribution in [2.24, 2.45) is 0 Å². The number of hydrogen-bond acceptors (Lipinski definition) is 6. The van der Waals surface area contributed by atoms with Crippen molar-refractivity contribution in [3.05, 3.63) is 88.5 Å². The Labute approximate surface area is 214 Å². The van der Waals surface area contributed by atoms with Gasteiger partial charge >= 0.3 is 6.36 Å². The fourth-order valence-electron chi connectivity index (χ4n) is 4.07. The molecule has 7 nitrogen and oxygen atoms in total. The highest BCUT2D eigenvalue weighted by molar-refractivity contribution is 6.51. The van der Waals surface area contributed by atoms with E-state index in [-0.39, 0.29) is 33.3 Å². The smallest absolute Gasteiger partial charge is 0.507 e. The molecule has 1 aliphatic heterocycles. The van der Waals surface area contributed by atoms with Crippen molar-refractivity contribution in [3.63, 3.8) is 0 Å². The van der Waals surface area contributed by atoms with Gasteiger partial charge in [-0.3, -0.25) is 14.5 Å². The molecule has 37 heavy (non-hydrogen) atoms. The van der Waals surface area contributed by atoms with Crippen LogP contribution in [0.15, 0.2) is 72.3 Å². The Bertz CT molecular complexity index is 1390. The zero-order chi connectivity index (χ0) is 26.9. The number of ether oxygens (including phenoxy) is 3. The van der Waals surface area contributed by atoms with Gasteiger partial charge in [-0.05, 0) is 23.8 Å². The Balaban J connectivity index is 1.93. The first-order valence-electron chi connectivity index (χ1n) is 10.7. The Morgan fingerprint density at radius 2 is 1.62 bits per heavy atom. The third-order valence-corrected chi connectivity index (χ3v) is 5.91. The largest absolute Gasteiger partial charge is 0.573 e. The van der Waals surface area contributed by atoms with Crippen LogP contribution in [0.25, 0.3) is 5.76 Å². The summed E-state index contributed by atoms with van der Waals surface area (Å²) in [6, 6.07) is 14.5. The lowest BCUT2D eigenvalue weighted by molar-refractivity contribution is -0.274. The van der Waals surface area contributed by atoms with Crippen molar-refractivity contribution in [1.82, 2.24) is 0 Å². The SMILES string of the molecule is COc1cc(OC)c(/C(O)=C2\C(=O)C(=O)N(c3cccc(OC(F)(F)F)c3)C2c2ccccc2)cc1Cl. The second kappa shape index (κ2) is 10.1. The summed E-state index contributed by atoms with van der Waals surface area (Å²) < 4.78 is 52.9. The number of ketones is 1. The van der Waals surface area contributed by atoms with Crippen LogP contribution in [0.2, 0.25) is 5.02 Å². The van der Waals surface area contributed by atoms with E-state index >= 15 is 0 Å². The van der Waals surface area contributed by atoms with Crippen molar-refractivity contribution < 1.29 is 42.1 Å². The molecule has 0 saturated carbocycles. The fourth-order valence-corrected chi connectivity index (χ4v) is 4.31. The molecule has 0 radical (unpaired) electrons. The topological polar surface area (TPSA) is 85.3 Å². The van der Waals surface area contributed by atoms with Gasteiger partial charge in [0.05, 0.1) is 36.4 Å². The van der Waals surface area contributed by atoms with E-state index in [9.17, 15) is 27.9 Å². The van der Waals surface area contributed by atoms with Gasteiger partial charge in [0.25, 0.3) is 11.7 Å². The van der Waals surface area contributed by atoms with Gasteiger partial charge < -0.3 is 19.3 Å². The minimum absolute atomic E-state index is 0.0152. The molecule has 1 N–H and O–H groups in total. The molecule has 0 aliphatic carbocycles. The number of benzene rings is 3. The molecule has 1 unspecified atom stereocenters. The molecule has 0 bridgehead atoms. The van der Waals surface area contributed by atoms with Crippen molar-refractivity contribution >= 4 is 34.7 Å². The van der Waals surface area contributed by atoms with Gasteiger partial charge in [0.1, 0.15) is 23.0 Å². The number of halogens is 4. The molecule has 1 aliphatic rings. The molecule has 1 atom stereocenters. The lowest BCUT2D eigenvalue weighted by Gasteiger charge is -2.26. The molecule has 1 amide bonds. The van der Waals surface area contributed by atoms with Crippen LogP contribution in [0.5, 0.6) is 17.2 Å². The van der Waals surface area contributed by atoms with Gasteiger partial charge in [-0.1, -0.05) is 48.0 Å². The third kappa shape index (κ3) is 5.05. The average Bonchev–Trinajstić information content (AvgIpc) is 3.13. The number of alkyl halides is 3. The second-order valence-electron chi connectivity index (χ2n) is 7.81. The monoisotopic (exact) mass is 533 g/mol. The predicted octanol–water partition coefficient (Wildman–Crippen LogP) is 5.88. The standard InChI is InChI=1S/C26H19ClF3NO6/c1-35-19-13-20(36-2)18(27)12-17(19)23(32)21-22(14-7-4-3-5-8-14)31(25(34)24(21)33)15-9-6-10-16(11-15)37-26(28,29)30/h3-13,22,32H,1-2H3/b23-21+. The van der Waals surface area contributed by atoms with Crippen molar-refractivity contribution in [1.29, 1.82) is 0 Å². The normalized spacial score (nSPS) is 17.1. The van der Waals surface area contributed by atoms with Gasteiger partial charge in [-0.2, -0.15) is 0 Å². The number of Topliss-reactive ketones (excluding diaryl/α,β-unsaturated/α-hetero) is 1. The van der Waals surface area contributed by atoms with Crippen molar-refractivity contribution in [2.75, 3.05) is 19.1 Å². The second-order valence-corrected chi connectivity index (χ2v) is 8.22. The number of methoxy groups -OCH3 is 2. The summed E-state index contributed by atoms with van der Waals surface area (Å²) >= 11 is 6.24. The zero-order valence-corrected chi connectivity index (χ0v) is 20.1. The van der Waals surface area contributed by atoms with E-state index in [1.165, 1.54) is 38.5 Å². The minimum Gasteiger partial charge on any atom is -0.507 e. The van der Waals surface area contributed by atoms with Gasteiger partial charge in [0.2, 0.25) is 0 Å². The number of rotatable bonds is 6. The molecular formula is C26H19ClF3NO6. The van der Waals surface area contributed by atoms with Crippen LogP contribution in [-0.4, -0.2) is 37.4 Å². The summed E-state index contributed by atoms with van der Waals surface area (Å²) in [5, 5.41) is 11.4. The quantitative estimate of drug-likeness (QED) is 0.242. The molecule has 3 aromatic carbocycles. The summed E-state index contributed by atoms with van der Waals surface area (Å²) in [5.74, 6) is -2.92. The molecule has 1 saturated heterocycles. The van der Waals surface area contributed by atoms with Crippen molar-refractivity contribution in [2.45, 2.75) is 12.4 Å². The van der Waals surface area contributed by atoms with Crippen LogP contribution in [-0.2, 0) is 9.59 Å². The fraction of sp³-hybridized carbons (Fsp3) is 0.154. The van der Waals surface area contributed by atoms with Crippen molar-refractivity contribution in [3.8, 4) is 17.2 Å². The molecule has 1 fully saturated rings. The lowest BCUT2D eigenvalue weighted by atomic mass is 9.94. The maximum absolute atomic E-state index is 13.3. The van der Waals surface area contributed by atoms with Crippen LogP contribution in [0.1, 0.15) is 17.2 Å². The number of carbonyl (C=O) groups is 2. The Hall–Kier alpha value is -4.18. The van der Waals surface area contributed by atoms with E-state index < -0.39 is 35.6 Å². The maximum atomic E-state index is 13.3. The molecule has 11 heteroatoms. The highest BCUT2D eigenvalue weighted by Gasteiger charge is 2.47. The summed E-state index contributed by atoms with van der Waals surface area (Å²) in [4.78, 5) is 27.5. The first-order chi connectivity index (χ1) is 17.6. The van der Waals surface area contributed by atoms with Gasteiger partial charge in [-0.15, -0.1) is 13.2 Å². The third-order valence-electron chi connectivity index (χ3n) is 5.62. The zero-order valence-electron chi connectivity index (χ0n) is 19.4. The summed E-state index contributed by atoms with van der Waals surface area (Å²) in [6.07, 6.45) is -4.96. The number of aliphatic hydroxyl groups excluding tert-OH is 1. The van der Waals surface area contributed by atoms with Gasteiger partial charge in [0, 0.05) is 17.8 Å². The number of nitrogens with zero attached hydrogens (tertiary/aromatic N) is 1. The summed E-state index contributed by atoms with van der Waals surface area (Å²) in [6.45, 7) is 0. The molecule has 3 aromatic rings. The summed E-state index contributed by atoms with van der Waals surface area (Å²) in [7, 11) is 2.72. The Morgan fingerprint density at radius 3 is 2.24 bits per heavy atom. The minimum atomic E-state index is -4.96.